The van der Waals surface area contributed by atoms with E-state index in [1.807, 2.05) is 32.7 Å². The SMILES string of the molecule is CN=C(NCCc1c(C)noc1C)N1CCN(C(C)C(=O)N2CCCC2)CC1. The number of hydrogen-bond donors (Lipinski definition) is 1. The van der Waals surface area contributed by atoms with Crippen LogP contribution < -0.4 is 5.32 Å². The molecule has 1 aromatic rings. The van der Waals surface area contributed by atoms with Crippen LogP contribution in [0.15, 0.2) is 9.52 Å². The molecule has 1 unspecified atom stereocenters. The lowest BCUT2D eigenvalue weighted by Crippen LogP contribution is -2.57. The molecule has 1 amide bonds. The largest absolute Gasteiger partial charge is 0.361 e. The van der Waals surface area contributed by atoms with Gasteiger partial charge in [0.15, 0.2) is 5.96 Å². The normalized spacial score (nSPS) is 19.9. The molecule has 0 bridgehead atoms. The van der Waals surface area contributed by atoms with Crippen LogP contribution in [0.25, 0.3) is 0 Å². The fourth-order valence-corrected chi connectivity index (χ4v) is 4.17. The molecule has 2 aliphatic heterocycles. The van der Waals surface area contributed by atoms with Gasteiger partial charge in [-0.15, -0.1) is 0 Å². The molecular weight excluding hydrogens is 356 g/mol. The number of guanidine groups is 1. The van der Waals surface area contributed by atoms with Gasteiger partial charge >= 0.3 is 0 Å². The predicted octanol–water partition coefficient (Wildman–Crippen LogP) is 1.04. The maximum atomic E-state index is 12.6. The predicted molar refractivity (Wildman–Crippen MR) is 109 cm³/mol. The molecule has 0 aromatic carbocycles. The second kappa shape index (κ2) is 9.41. The van der Waals surface area contributed by atoms with Crippen LogP contribution in [0.4, 0.5) is 0 Å². The van der Waals surface area contributed by atoms with Crippen molar-refractivity contribution in [3.8, 4) is 0 Å². The third-order valence-electron chi connectivity index (χ3n) is 5.99. The van der Waals surface area contributed by atoms with Gasteiger partial charge in [0.2, 0.25) is 5.91 Å². The van der Waals surface area contributed by atoms with Crippen molar-refractivity contribution in [1.82, 2.24) is 25.2 Å². The third kappa shape index (κ3) is 4.66. The Balaban J connectivity index is 1.45. The van der Waals surface area contributed by atoms with Crippen molar-refractivity contribution >= 4 is 11.9 Å². The lowest BCUT2D eigenvalue weighted by Gasteiger charge is -2.39. The third-order valence-corrected chi connectivity index (χ3v) is 5.99. The van der Waals surface area contributed by atoms with Crippen molar-refractivity contribution in [2.75, 3.05) is 52.9 Å². The number of aryl methyl sites for hydroxylation is 2. The van der Waals surface area contributed by atoms with E-state index in [4.69, 9.17) is 4.52 Å². The number of likely N-dealkylation sites (tertiary alicyclic amines) is 1. The lowest BCUT2D eigenvalue weighted by atomic mass is 10.1. The molecule has 1 aromatic heterocycles. The van der Waals surface area contributed by atoms with Crippen LogP contribution in [0.1, 0.15) is 36.8 Å². The monoisotopic (exact) mass is 390 g/mol. The number of amides is 1. The number of rotatable bonds is 5. The quantitative estimate of drug-likeness (QED) is 0.598. The van der Waals surface area contributed by atoms with Gasteiger partial charge < -0.3 is 19.6 Å². The minimum atomic E-state index is -0.0326. The van der Waals surface area contributed by atoms with Gasteiger partial charge in [-0.2, -0.15) is 0 Å². The number of aliphatic imine (C=N–C) groups is 1. The van der Waals surface area contributed by atoms with E-state index in [0.717, 1.165) is 82.5 Å². The van der Waals surface area contributed by atoms with Crippen molar-refractivity contribution in [1.29, 1.82) is 0 Å². The summed E-state index contributed by atoms with van der Waals surface area (Å²) < 4.78 is 5.23. The van der Waals surface area contributed by atoms with Gasteiger partial charge in [-0.1, -0.05) is 5.16 Å². The Morgan fingerprint density at radius 1 is 1.14 bits per heavy atom. The highest BCUT2D eigenvalue weighted by Crippen LogP contribution is 2.14. The van der Waals surface area contributed by atoms with Gasteiger partial charge in [0.25, 0.3) is 0 Å². The fourth-order valence-electron chi connectivity index (χ4n) is 4.17. The second-order valence-electron chi connectivity index (χ2n) is 7.76. The number of piperazine rings is 1. The summed E-state index contributed by atoms with van der Waals surface area (Å²) >= 11 is 0. The molecule has 8 nitrogen and oxygen atoms in total. The van der Waals surface area contributed by atoms with E-state index in [0.29, 0.717) is 0 Å². The number of nitrogens with one attached hydrogen (secondary N) is 1. The summed E-state index contributed by atoms with van der Waals surface area (Å²) in [5.74, 6) is 2.09. The maximum absolute atomic E-state index is 12.6. The van der Waals surface area contributed by atoms with Gasteiger partial charge in [0.05, 0.1) is 11.7 Å². The topological polar surface area (TPSA) is 77.2 Å². The summed E-state index contributed by atoms with van der Waals surface area (Å²) in [6, 6.07) is -0.0326. The number of aromatic nitrogens is 1. The Kier molecular flexibility index (Phi) is 6.93. The molecule has 3 rings (SSSR count). The Hall–Kier alpha value is -2.09. The molecule has 1 atom stereocenters. The van der Waals surface area contributed by atoms with Crippen LogP contribution in [-0.2, 0) is 11.2 Å². The van der Waals surface area contributed by atoms with E-state index in [1.165, 1.54) is 5.56 Å². The molecule has 0 radical (unpaired) electrons. The standard InChI is InChI=1S/C20H34N6O2/c1-15-18(17(3)28-23-15)7-8-22-20(21-4)26-13-11-24(12-14-26)16(2)19(27)25-9-5-6-10-25/h16H,5-14H2,1-4H3,(H,21,22). The van der Waals surface area contributed by atoms with Crippen molar-refractivity contribution in [2.24, 2.45) is 4.99 Å². The lowest BCUT2D eigenvalue weighted by molar-refractivity contribution is -0.135. The zero-order chi connectivity index (χ0) is 20.1. The molecule has 0 saturated carbocycles. The van der Waals surface area contributed by atoms with Crippen LogP contribution >= 0.6 is 0 Å². The highest BCUT2D eigenvalue weighted by molar-refractivity contribution is 5.82. The van der Waals surface area contributed by atoms with E-state index in [2.05, 4.69) is 25.3 Å². The van der Waals surface area contributed by atoms with Crippen molar-refractivity contribution in [2.45, 2.75) is 46.1 Å². The molecule has 2 saturated heterocycles. The zero-order valence-electron chi connectivity index (χ0n) is 17.7. The van der Waals surface area contributed by atoms with E-state index in [-0.39, 0.29) is 11.9 Å². The molecule has 156 valence electrons. The first-order valence-corrected chi connectivity index (χ1v) is 10.4. The molecule has 0 spiro atoms. The van der Waals surface area contributed by atoms with Crippen LogP contribution in [0.2, 0.25) is 0 Å². The van der Waals surface area contributed by atoms with Crippen molar-refractivity contribution in [3.63, 3.8) is 0 Å². The molecule has 3 heterocycles. The molecule has 2 fully saturated rings. The summed E-state index contributed by atoms with van der Waals surface area (Å²) in [4.78, 5) is 23.7. The summed E-state index contributed by atoms with van der Waals surface area (Å²) in [6.07, 6.45) is 3.14. The maximum Gasteiger partial charge on any atom is 0.239 e. The molecule has 2 aliphatic rings. The Bertz CT molecular complexity index is 667. The number of carbonyl (C=O) groups is 1. The molecule has 1 N–H and O–H groups in total. The minimum absolute atomic E-state index is 0.0326. The van der Waals surface area contributed by atoms with E-state index in [1.54, 1.807) is 0 Å². The highest BCUT2D eigenvalue weighted by Gasteiger charge is 2.30. The minimum Gasteiger partial charge on any atom is -0.361 e. The average molecular weight is 391 g/mol. The molecule has 0 aliphatic carbocycles. The Labute approximate surface area is 167 Å². The van der Waals surface area contributed by atoms with E-state index in [9.17, 15) is 4.79 Å². The van der Waals surface area contributed by atoms with Crippen LogP contribution in [-0.4, -0.2) is 90.6 Å². The van der Waals surface area contributed by atoms with Crippen LogP contribution in [0, 0.1) is 13.8 Å². The number of carbonyl (C=O) groups excluding carboxylic acids is 1. The fraction of sp³-hybridized carbons (Fsp3) is 0.750. The highest BCUT2D eigenvalue weighted by atomic mass is 16.5. The van der Waals surface area contributed by atoms with Gasteiger partial charge in [0.1, 0.15) is 5.76 Å². The van der Waals surface area contributed by atoms with Gasteiger partial charge in [-0.05, 0) is 40.0 Å². The average Bonchev–Trinajstić information content (AvgIpc) is 3.36. The van der Waals surface area contributed by atoms with Crippen molar-refractivity contribution in [3.05, 3.63) is 17.0 Å². The van der Waals surface area contributed by atoms with Gasteiger partial charge in [-0.3, -0.25) is 14.7 Å². The first-order chi connectivity index (χ1) is 13.5. The van der Waals surface area contributed by atoms with E-state index >= 15 is 0 Å². The zero-order valence-corrected chi connectivity index (χ0v) is 17.7. The first kappa shape index (κ1) is 20.6. The van der Waals surface area contributed by atoms with E-state index < -0.39 is 0 Å². The van der Waals surface area contributed by atoms with Crippen molar-refractivity contribution < 1.29 is 9.32 Å². The van der Waals surface area contributed by atoms with Gasteiger partial charge in [0, 0.05) is 58.4 Å². The molecule has 28 heavy (non-hydrogen) atoms. The Morgan fingerprint density at radius 2 is 1.82 bits per heavy atom. The van der Waals surface area contributed by atoms with Gasteiger partial charge in [-0.25, -0.2) is 0 Å². The smallest absolute Gasteiger partial charge is 0.239 e. The molecular formula is C20H34N6O2. The summed E-state index contributed by atoms with van der Waals surface area (Å²) in [7, 11) is 1.82. The molecule has 8 heteroatoms. The number of hydrogen-bond acceptors (Lipinski definition) is 5. The second-order valence-corrected chi connectivity index (χ2v) is 7.76. The number of nitrogens with zero attached hydrogens (tertiary/aromatic N) is 5. The Morgan fingerprint density at radius 3 is 2.39 bits per heavy atom. The first-order valence-electron chi connectivity index (χ1n) is 10.4. The summed E-state index contributed by atoms with van der Waals surface area (Å²) in [5, 5.41) is 7.47. The van der Waals surface area contributed by atoms with Crippen LogP contribution in [0.5, 0.6) is 0 Å². The summed E-state index contributed by atoms with van der Waals surface area (Å²) in [6.45, 7) is 12.1. The summed E-state index contributed by atoms with van der Waals surface area (Å²) in [5.41, 5.74) is 2.13. The van der Waals surface area contributed by atoms with Crippen LogP contribution in [0.3, 0.4) is 0 Å².